The molecule has 0 bridgehead atoms. The van der Waals surface area contributed by atoms with Crippen LogP contribution in [0.4, 0.5) is 0 Å². The van der Waals surface area contributed by atoms with Gasteiger partial charge in [0.05, 0.1) is 25.3 Å². The van der Waals surface area contributed by atoms with Crippen molar-refractivity contribution in [2.75, 3.05) is 14.2 Å². The van der Waals surface area contributed by atoms with E-state index in [-0.39, 0.29) is 24.4 Å². The Labute approximate surface area is 247 Å². The predicted octanol–water partition coefficient (Wildman–Crippen LogP) is 6.03. The summed E-state index contributed by atoms with van der Waals surface area (Å²) in [6.45, 7) is 2.25. The van der Waals surface area contributed by atoms with E-state index < -0.39 is 11.5 Å². The van der Waals surface area contributed by atoms with Crippen molar-refractivity contribution in [3.05, 3.63) is 95.2 Å². The molecule has 1 aliphatic heterocycles. The Morgan fingerprint density at radius 2 is 1.62 bits per heavy atom. The van der Waals surface area contributed by atoms with E-state index in [1.165, 1.54) is 6.42 Å². The van der Waals surface area contributed by atoms with Crippen LogP contribution in [0.2, 0.25) is 0 Å². The Kier molecular flexibility index (Phi) is 7.43. The molecule has 1 aliphatic carbocycles. The van der Waals surface area contributed by atoms with Crippen molar-refractivity contribution in [3.8, 4) is 11.5 Å². The molecular weight excluding hydrogens is 526 g/mol. The van der Waals surface area contributed by atoms with Gasteiger partial charge in [-0.25, -0.2) is 0 Å². The number of benzene rings is 3. The van der Waals surface area contributed by atoms with Gasteiger partial charge in [-0.1, -0.05) is 73.9 Å². The zero-order valence-electron chi connectivity index (χ0n) is 24.9. The summed E-state index contributed by atoms with van der Waals surface area (Å²) >= 11 is 0. The van der Waals surface area contributed by atoms with Gasteiger partial charge in [0, 0.05) is 36.1 Å². The lowest BCUT2D eigenvalue weighted by Gasteiger charge is -2.45. The molecule has 2 aliphatic rings. The zero-order valence-corrected chi connectivity index (χ0v) is 24.9. The number of amides is 2. The van der Waals surface area contributed by atoms with Crippen molar-refractivity contribution >= 4 is 22.7 Å². The Morgan fingerprint density at radius 3 is 2.33 bits per heavy atom. The molecule has 2 heterocycles. The molecule has 42 heavy (non-hydrogen) atoms. The van der Waals surface area contributed by atoms with Crippen LogP contribution < -0.4 is 14.8 Å². The molecule has 0 spiro atoms. The average Bonchev–Trinajstić information content (AvgIpc) is 3.32. The van der Waals surface area contributed by atoms with Crippen LogP contribution in [0.1, 0.15) is 67.5 Å². The monoisotopic (exact) mass is 565 g/mol. The van der Waals surface area contributed by atoms with Crippen LogP contribution in [0.5, 0.6) is 11.5 Å². The number of rotatable bonds is 7. The van der Waals surface area contributed by atoms with Crippen LogP contribution in [-0.4, -0.2) is 41.5 Å². The lowest BCUT2D eigenvalue weighted by molar-refractivity contribution is -0.147. The van der Waals surface area contributed by atoms with E-state index in [0.29, 0.717) is 11.5 Å². The number of aryl methyl sites for hydroxylation is 1. The zero-order chi connectivity index (χ0) is 29.4. The minimum atomic E-state index is -1.00. The number of nitrogens with one attached hydrogen (secondary N) is 1. The number of carbonyl (C=O) groups excluding carboxylic acids is 2. The van der Waals surface area contributed by atoms with E-state index in [9.17, 15) is 4.79 Å². The van der Waals surface area contributed by atoms with Gasteiger partial charge in [-0.05, 0) is 49.1 Å². The summed E-state index contributed by atoms with van der Waals surface area (Å²) in [7, 11) is 5.21. The van der Waals surface area contributed by atoms with Gasteiger partial charge in [-0.3, -0.25) is 9.59 Å². The maximum Gasteiger partial charge on any atom is 0.249 e. The first-order valence-corrected chi connectivity index (χ1v) is 14.8. The minimum Gasteiger partial charge on any atom is -0.493 e. The van der Waals surface area contributed by atoms with Gasteiger partial charge < -0.3 is 24.3 Å². The van der Waals surface area contributed by atoms with Crippen molar-refractivity contribution in [1.29, 1.82) is 0 Å². The highest BCUT2D eigenvalue weighted by Crippen LogP contribution is 2.49. The summed E-state index contributed by atoms with van der Waals surface area (Å²) < 4.78 is 13.2. The van der Waals surface area contributed by atoms with Crippen LogP contribution in [0.25, 0.3) is 10.9 Å². The summed E-state index contributed by atoms with van der Waals surface area (Å²) in [5.41, 5.74) is 3.52. The fraction of sp³-hybridized carbons (Fsp3) is 0.371. The highest BCUT2D eigenvalue weighted by atomic mass is 16.5. The Bertz CT molecular complexity index is 1620. The van der Waals surface area contributed by atoms with Crippen molar-refractivity contribution in [2.24, 2.45) is 7.05 Å². The summed E-state index contributed by atoms with van der Waals surface area (Å²) in [4.78, 5) is 31.2. The first-order valence-electron chi connectivity index (χ1n) is 14.8. The second kappa shape index (κ2) is 11.2. The average molecular weight is 566 g/mol. The van der Waals surface area contributed by atoms with E-state index in [0.717, 1.165) is 59.0 Å². The lowest BCUT2D eigenvalue weighted by Crippen LogP contribution is -2.56. The molecule has 7 heteroatoms. The molecule has 7 nitrogen and oxygen atoms in total. The molecule has 2 atom stereocenters. The number of hydrogen-bond donors (Lipinski definition) is 1. The number of hydrogen-bond acceptors (Lipinski definition) is 4. The first-order chi connectivity index (χ1) is 20.4. The van der Waals surface area contributed by atoms with Gasteiger partial charge >= 0.3 is 0 Å². The number of carbonyl (C=O) groups is 2. The quantitative estimate of drug-likeness (QED) is 0.297. The van der Waals surface area contributed by atoms with Crippen LogP contribution in [0.15, 0.2) is 72.8 Å². The molecule has 218 valence electrons. The smallest absolute Gasteiger partial charge is 0.249 e. The first kappa shape index (κ1) is 27.9. The highest BCUT2D eigenvalue weighted by Gasteiger charge is 2.53. The van der Waals surface area contributed by atoms with Crippen molar-refractivity contribution in [1.82, 2.24) is 14.8 Å². The van der Waals surface area contributed by atoms with Gasteiger partial charge in [-0.15, -0.1) is 0 Å². The number of para-hydroxylation sites is 1. The van der Waals surface area contributed by atoms with Gasteiger partial charge in [0.15, 0.2) is 17.5 Å². The van der Waals surface area contributed by atoms with E-state index >= 15 is 4.79 Å². The van der Waals surface area contributed by atoms with E-state index in [4.69, 9.17) is 9.47 Å². The second-order valence-electron chi connectivity index (χ2n) is 11.7. The van der Waals surface area contributed by atoms with Gasteiger partial charge in [0.2, 0.25) is 11.8 Å². The molecule has 4 aromatic rings. The van der Waals surface area contributed by atoms with Gasteiger partial charge in [0.1, 0.15) is 0 Å². The van der Waals surface area contributed by atoms with Crippen LogP contribution in [-0.2, 0) is 28.6 Å². The van der Waals surface area contributed by atoms with Crippen molar-refractivity contribution in [2.45, 2.75) is 63.1 Å². The molecule has 1 aromatic heterocycles. The maximum absolute atomic E-state index is 15.0. The Morgan fingerprint density at radius 1 is 0.929 bits per heavy atom. The number of methoxy groups -OCH3 is 2. The summed E-state index contributed by atoms with van der Waals surface area (Å²) in [5.74, 6) is 0.968. The van der Waals surface area contributed by atoms with Crippen LogP contribution >= 0.6 is 0 Å². The molecule has 3 aromatic carbocycles. The topological polar surface area (TPSA) is 72.8 Å². The van der Waals surface area contributed by atoms with E-state index in [1.54, 1.807) is 19.1 Å². The maximum atomic E-state index is 15.0. The molecular formula is C35H39N3O4. The number of ether oxygens (including phenoxy) is 2. The predicted molar refractivity (Wildman–Crippen MR) is 164 cm³/mol. The fourth-order valence-electron chi connectivity index (χ4n) is 7.09. The number of fused-ring (bicyclic) bond motifs is 3. The molecule has 1 saturated carbocycles. The molecule has 0 radical (unpaired) electrons. The second-order valence-corrected chi connectivity index (χ2v) is 11.7. The third-order valence-electron chi connectivity index (χ3n) is 9.26. The van der Waals surface area contributed by atoms with Crippen LogP contribution in [0, 0.1) is 0 Å². The molecule has 1 N–H and O–H groups in total. The normalized spacial score (nSPS) is 20.8. The SMILES string of the molecule is COc1ccc(CN2C(=O)[C@](C)(c3ccccc3)c3c(n(C)c4ccccc34)[C@H]2C(=O)NC2CCCCC2)cc1OC. The third kappa shape index (κ3) is 4.52. The lowest BCUT2D eigenvalue weighted by atomic mass is 9.70. The van der Waals surface area contributed by atoms with Crippen LogP contribution in [0.3, 0.4) is 0 Å². The standard InChI is InChI=1S/C35H39N3O4/c1-35(24-13-7-5-8-14-24)30-26-17-11-12-18-27(26)37(2)31(30)32(33(39)36-25-15-9-6-10-16-25)38(34(35)40)22-23-19-20-28(41-3)29(21-23)42-4/h5,7-8,11-14,17-21,25,32H,6,9-10,15-16,22H2,1-4H3,(H,36,39)/t32-,35+/m0/s1. The van der Waals surface area contributed by atoms with Crippen molar-refractivity contribution < 1.29 is 19.1 Å². The van der Waals surface area contributed by atoms with Gasteiger partial charge in [0.25, 0.3) is 0 Å². The van der Waals surface area contributed by atoms with E-state index in [1.807, 2.05) is 74.6 Å². The summed E-state index contributed by atoms with van der Waals surface area (Å²) in [6, 6.07) is 23.1. The molecule has 0 unspecified atom stereocenters. The minimum absolute atomic E-state index is 0.101. The van der Waals surface area contributed by atoms with Gasteiger partial charge in [-0.2, -0.15) is 0 Å². The summed E-state index contributed by atoms with van der Waals surface area (Å²) in [6.07, 6.45) is 5.34. The largest absolute Gasteiger partial charge is 0.493 e. The number of aromatic nitrogens is 1. The Balaban J connectivity index is 1.56. The fourth-order valence-corrected chi connectivity index (χ4v) is 7.09. The highest BCUT2D eigenvalue weighted by molar-refractivity contribution is 6.04. The van der Waals surface area contributed by atoms with Crippen molar-refractivity contribution in [3.63, 3.8) is 0 Å². The molecule has 2 amide bonds. The summed E-state index contributed by atoms with van der Waals surface area (Å²) in [5, 5.41) is 4.35. The van der Waals surface area contributed by atoms with E-state index in [2.05, 4.69) is 22.0 Å². The number of nitrogens with zero attached hydrogens (tertiary/aromatic N) is 2. The molecule has 1 fully saturated rings. The Hall–Kier alpha value is -4.26. The third-order valence-corrected chi connectivity index (χ3v) is 9.26. The molecule has 0 saturated heterocycles. The molecule has 6 rings (SSSR count).